The molecule has 0 atom stereocenters. The van der Waals surface area contributed by atoms with Crippen molar-refractivity contribution in [2.75, 3.05) is 12.4 Å². The fourth-order valence-electron chi connectivity index (χ4n) is 3.67. The maximum atomic E-state index is 12.3. The molecule has 5 aromatic rings. The molecule has 0 saturated heterocycles. The average Bonchev–Trinajstić information content (AvgIpc) is 3.47. The Bertz CT molecular complexity index is 1610. The number of ether oxygens (including phenoxy) is 1. The second-order valence-electron chi connectivity index (χ2n) is 7.70. The molecule has 5 rings (SSSR count). The fourth-order valence-corrected chi connectivity index (χ4v) is 3.67. The number of pyridine rings is 1. The zero-order valence-corrected chi connectivity index (χ0v) is 19.1. The van der Waals surface area contributed by atoms with Crippen molar-refractivity contribution < 1.29 is 9.53 Å². The SMILES string of the molecule is COc1ccc(Nc2ccc3c(c2)ncn3-c2ccc(C(C)=O)c(-n3nc(C#N)cc3C)n2)nn1. The number of anilines is 2. The smallest absolute Gasteiger partial charge is 0.233 e. The van der Waals surface area contributed by atoms with Crippen LogP contribution in [0.5, 0.6) is 5.88 Å². The van der Waals surface area contributed by atoms with Gasteiger partial charge in [0.25, 0.3) is 0 Å². The first-order valence-corrected chi connectivity index (χ1v) is 10.6. The van der Waals surface area contributed by atoms with E-state index in [1.807, 2.05) is 28.8 Å². The van der Waals surface area contributed by atoms with Crippen LogP contribution in [0.25, 0.3) is 22.7 Å². The number of fused-ring (bicyclic) bond motifs is 1. The zero-order chi connectivity index (χ0) is 24.5. The van der Waals surface area contributed by atoms with E-state index in [2.05, 4.69) is 25.6 Å². The van der Waals surface area contributed by atoms with E-state index < -0.39 is 0 Å². The number of imidazole rings is 1. The summed E-state index contributed by atoms with van der Waals surface area (Å²) in [5, 5.41) is 24.7. The Morgan fingerprint density at radius 2 is 1.97 bits per heavy atom. The first-order valence-electron chi connectivity index (χ1n) is 10.6. The van der Waals surface area contributed by atoms with Crippen molar-refractivity contribution in [2.45, 2.75) is 13.8 Å². The number of nitriles is 1. The van der Waals surface area contributed by atoms with Crippen LogP contribution in [-0.2, 0) is 0 Å². The van der Waals surface area contributed by atoms with Gasteiger partial charge >= 0.3 is 0 Å². The minimum absolute atomic E-state index is 0.153. The minimum atomic E-state index is -0.153. The van der Waals surface area contributed by atoms with Crippen molar-refractivity contribution in [2.24, 2.45) is 0 Å². The van der Waals surface area contributed by atoms with Crippen molar-refractivity contribution in [1.29, 1.82) is 5.26 Å². The predicted molar refractivity (Wildman–Crippen MR) is 127 cm³/mol. The number of nitrogens with one attached hydrogen (secondary N) is 1. The first kappa shape index (κ1) is 21.7. The molecule has 4 heterocycles. The van der Waals surface area contributed by atoms with Crippen LogP contribution in [0.1, 0.15) is 28.7 Å². The van der Waals surface area contributed by atoms with Crippen LogP contribution in [0, 0.1) is 18.3 Å². The Morgan fingerprint density at radius 3 is 2.66 bits per heavy atom. The van der Waals surface area contributed by atoms with Gasteiger partial charge in [0.05, 0.1) is 23.7 Å². The van der Waals surface area contributed by atoms with Crippen molar-refractivity contribution in [3.8, 4) is 23.6 Å². The van der Waals surface area contributed by atoms with E-state index in [9.17, 15) is 10.1 Å². The zero-order valence-electron chi connectivity index (χ0n) is 19.1. The molecule has 0 aliphatic carbocycles. The number of hydrogen-bond donors (Lipinski definition) is 1. The van der Waals surface area contributed by atoms with Crippen molar-refractivity contribution >= 4 is 28.3 Å². The number of Topliss-reactive ketones (excluding diaryl/α,β-unsaturated/α-hetero) is 1. The Kier molecular flexibility index (Phi) is 5.39. The minimum Gasteiger partial charge on any atom is -0.480 e. The number of benzene rings is 1. The highest BCUT2D eigenvalue weighted by molar-refractivity contribution is 5.97. The van der Waals surface area contributed by atoms with Crippen LogP contribution < -0.4 is 10.1 Å². The largest absolute Gasteiger partial charge is 0.480 e. The highest BCUT2D eigenvalue weighted by Crippen LogP contribution is 2.25. The van der Waals surface area contributed by atoms with Crippen molar-refractivity contribution in [1.82, 2.24) is 34.5 Å². The predicted octanol–water partition coefficient (Wildman–Crippen LogP) is 3.53. The normalized spacial score (nSPS) is 10.8. The number of ketones is 1. The van der Waals surface area contributed by atoms with E-state index in [4.69, 9.17) is 9.72 Å². The van der Waals surface area contributed by atoms with E-state index in [1.54, 1.807) is 43.6 Å². The molecule has 4 aromatic heterocycles. The number of carbonyl (C=O) groups excluding carboxylic acids is 1. The molecule has 0 unspecified atom stereocenters. The number of aryl methyl sites for hydroxylation is 1. The summed E-state index contributed by atoms with van der Waals surface area (Å²) in [6, 6.07) is 16.3. The Labute approximate surface area is 199 Å². The highest BCUT2D eigenvalue weighted by atomic mass is 16.5. The Balaban J connectivity index is 1.53. The standard InChI is InChI=1S/C24H19N9O2/c1-14-10-17(12-25)31-33(14)24-18(15(2)34)5-8-22(28-24)32-13-26-19-11-16(4-6-20(19)32)27-21-7-9-23(35-3)30-29-21/h4-11,13H,1-3H3,(H,27,29). The molecule has 11 heteroatoms. The molecule has 1 N–H and O–H groups in total. The van der Waals surface area contributed by atoms with Gasteiger partial charge in [-0.05, 0) is 56.3 Å². The lowest BCUT2D eigenvalue weighted by Gasteiger charge is -2.11. The van der Waals surface area contributed by atoms with Crippen LogP contribution in [0.15, 0.2) is 54.9 Å². The molecule has 35 heavy (non-hydrogen) atoms. The van der Waals surface area contributed by atoms with E-state index in [-0.39, 0.29) is 11.5 Å². The summed E-state index contributed by atoms with van der Waals surface area (Å²) in [6.07, 6.45) is 1.66. The lowest BCUT2D eigenvalue weighted by atomic mass is 10.2. The molecule has 172 valence electrons. The van der Waals surface area contributed by atoms with Crippen molar-refractivity contribution in [3.63, 3.8) is 0 Å². The van der Waals surface area contributed by atoms with Gasteiger partial charge in [-0.1, -0.05) is 0 Å². The maximum absolute atomic E-state index is 12.3. The van der Waals surface area contributed by atoms with Gasteiger partial charge in [-0.2, -0.15) is 10.4 Å². The summed E-state index contributed by atoms with van der Waals surface area (Å²) in [6.45, 7) is 3.28. The van der Waals surface area contributed by atoms with Gasteiger partial charge in [0.1, 0.15) is 18.2 Å². The van der Waals surface area contributed by atoms with E-state index in [0.29, 0.717) is 34.6 Å². The van der Waals surface area contributed by atoms with Gasteiger partial charge in [-0.3, -0.25) is 9.36 Å². The molecule has 0 aliphatic rings. The summed E-state index contributed by atoms with van der Waals surface area (Å²) in [5.41, 5.74) is 3.69. The van der Waals surface area contributed by atoms with Crippen LogP contribution in [0.4, 0.5) is 11.5 Å². The molecule has 0 bridgehead atoms. The quantitative estimate of drug-likeness (QED) is 0.373. The maximum Gasteiger partial charge on any atom is 0.233 e. The number of hydrogen-bond acceptors (Lipinski definition) is 9. The van der Waals surface area contributed by atoms with Crippen LogP contribution >= 0.6 is 0 Å². The summed E-state index contributed by atoms with van der Waals surface area (Å²) in [7, 11) is 1.53. The molecular formula is C24H19N9O2. The van der Waals surface area contributed by atoms with Gasteiger partial charge in [0.2, 0.25) is 5.88 Å². The topological polar surface area (TPSA) is 136 Å². The molecule has 0 aliphatic heterocycles. The summed E-state index contributed by atoms with van der Waals surface area (Å²) < 4.78 is 8.37. The summed E-state index contributed by atoms with van der Waals surface area (Å²) in [5.74, 6) is 1.76. The highest BCUT2D eigenvalue weighted by Gasteiger charge is 2.17. The van der Waals surface area contributed by atoms with Gasteiger partial charge < -0.3 is 10.1 Å². The van der Waals surface area contributed by atoms with Crippen molar-refractivity contribution in [3.05, 3.63) is 71.8 Å². The molecule has 1 aromatic carbocycles. The molecule has 0 amide bonds. The third kappa shape index (κ3) is 4.04. The lowest BCUT2D eigenvalue weighted by Crippen LogP contribution is -2.11. The van der Waals surface area contributed by atoms with E-state index >= 15 is 0 Å². The second kappa shape index (κ2) is 8.68. The van der Waals surface area contributed by atoms with Gasteiger partial charge in [-0.25, -0.2) is 14.6 Å². The average molecular weight is 465 g/mol. The first-order chi connectivity index (χ1) is 17.0. The van der Waals surface area contributed by atoms with E-state index in [0.717, 1.165) is 16.7 Å². The number of aromatic nitrogens is 7. The van der Waals surface area contributed by atoms with Gasteiger partial charge in [0.15, 0.2) is 23.1 Å². The monoisotopic (exact) mass is 465 g/mol. The van der Waals surface area contributed by atoms with Crippen LogP contribution in [-0.4, -0.2) is 47.4 Å². The summed E-state index contributed by atoms with van der Waals surface area (Å²) >= 11 is 0. The molecule has 0 radical (unpaired) electrons. The Morgan fingerprint density at radius 1 is 1.11 bits per heavy atom. The summed E-state index contributed by atoms with van der Waals surface area (Å²) in [4.78, 5) is 21.5. The third-order valence-corrected chi connectivity index (χ3v) is 5.36. The lowest BCUT2D eigenvalue weighted by molar-refractivity contribution is 0.101. The molecule has 11 nitrogen and oxygen atoms in total. The number of rotatable bonds is 6. The molecule has 0 fully saturated rings. The van der Waals surface area contributed by atoms with Crippen LogP contribution in [0.3, 0.4) is 0 Å². The molecule has 0 spiro atoms. The Hall–Kier alpha value is -5.11. The molecular weight excluding hydrogens is 446 g/mol. The third-order valence-electron chi connectivity index (χ3n) is 5.36. The van der Waals surface area contributed by atoms with Crippen LogP contribution in [0.2, 0.25) is 0 Å². The van der Waals surface area contributed by atoms with Gasteiger partial charge in [-0.15, -0.1) is 10.2 Å². The van der Waals surface area contributed by atoms with E-state index in [1.165, 1.54) is 18.7 Å². The second-order valence-corrected chi connectivity index (χ2v) is 7.70. The molecule has 0 saturated carbocycles. The number of methoxy groups -OCH3 is 1. The number of carbonyl (C=O) groups is 1. The fraction of sp³-hybridized carbons (Fsp3) is 0.125. The van der Waals surface area contributed by atoms with Gasteiger partial charge in [0, 0.05) is 17.4 Å². The number of nitrogens with zero attached hydrogens (tertiary/aromatic N) is 8.